The van der Waals surface area contributed by atoms with Crippen LogP contribution in [0.1, 0.15) is 39.8 Å². The number of nitrogens with zero attached hydrogens (tertiary/aromatic N) is 2. The second-order valence-electron chi connectivity index (χ2n) is 4.92. The van der Waals surface area contributed by atoms with Gasteiger partial charge in [0.25, 0.3) is 0 Å². The van der Waals surface area contributed by atoms with Gasteiger partial charge >= 0.3 is 6.03 Å². The monoisotopic (exact) mass is 285 g/mol. The van der Waals surface area contributed by atoms with Crippen molar-refractivity contribution in [3.63, 3.8) is 0 Å². The average molecular weight is 285 g/mol. The first-order valence-electron chi connectivity index (χ1n) is 6.64. The van der Waals surface area contributed by atoms with Crippen molar-refractivity contribution in [1.82, 2.24) is 9.88 Å². The highest BCUT2D eigenvalue weighted by atomic mass is 32.1. The van der Waals surface area contributed by atoms with E-state index in [0.717, 1.165) is 18.5 Å². The van der Waals surface area contributed by atoms with E-state index in [1.165, 1.54) is 11.3 Å². The van der Waals surface area contributed by atoms with Crippen LogP contribution in [0.2, 0.25) is 0 Å². The third-order valence-electron chi connectivity index (χ3n) is 2.62. The predicted octanol–water partition coefficient (Wildman–Crippen LogP) is 2.72. The molecule has 0 saturated heterocycles. The number of aliphatic hydroxyl groups is 1. The fourth-order valence-electron chi connectivity index (χ4n) is 1.71. The quantitative estimate of drug-likeness (QED) is 0.844. The van der Waals surface area contributed by atoms with E-state index in [0.29, 0.717) is 11.7 Å². The van der Waals surface area contributed by atoms with Crippen molar-refractivity contribution in [1.29, 1.82) is 0 Å². The molecule has 0 aliphatic carbocycles. The molecule has 1 heterocycles. The lowest BCUT2D eigenvalue weighted by atomic mass is 10.3. The van der Waals surface area contributed by atoms with E-state index in [4.69, 9.17) is 0 Å². The number of aliphatic hydroxyl groups excluding tert-OH is 1. The Bertz CT molecular complexity index is 404. The minimum Gasteiger partial charge on any atom is -0.392 e. The molecular weight excluding hydrogens is 262 g/mol. The summed E-state index contributed by atoms with van der Waals surface area (Å²) in [6, 6.07) is -0.182. The van der Waals surface area contributed by atoms with Crippen molar-refractivity contribution < 1.29 is 9.90 Å². The smallest absolute Gasteiger partial charge is 0.323 e. The van der Waals surface area contributed by atoms with Crippen LogP contribution in [0.15, 0.2) is 5.38 Å². The first-order valence-corrected chi connectivity index (χ1v) is 7.52. The Morgan fingerprint density at radius 2 is 2.21 bits per heavy atom. The Hall–Kier alpha value is -1.14. The molecule has 0 bridgehead atoms. The fraction of sp³-hybridized carbons (Fsp3) is 0.692. The number of hydrogen-bond acceptors (Lipinski definition) is 4. The van der Waals surface area contributed by atoms with Crippen molar-refractivity contribution in [3.8, 4) is 0 Å². The summed E-state index contributed by atoms with van der Waals surface area (Å²) in [5.41, 5.74) is 1.01. The molecule has 1 aromatic heterocycles. The van der Waals surface area contributed by atoms with Gasteiger partial charge in [0.15, 0.2) is 5.13 Å². The van der Waals surface area contributed by atoms with Gasteiger partial charge in [-0.1, -0.05) is 13.3 Å². The van der Waals surface area contributed by atoms with Gasteiger partial charge in [-0.25, -0.2) is 9.78 Å². The summed E-state index contributed by atoms with van der Waals surface area (Å²) < 4.78 is 0. The van der Waals surface area contributed by atoms with Crippen LogP contribution in [-0.4, -0.2) is 39.7 Å². The summed E-state index contributed by atoms with van der Waals surface area (Å²) in [6.07, 6.45) is 1.42. The van der Waals surface area contributed by atoms with Gasteiger partial charge in [-0.2, -0.15) is 0 Å². The summed E-state index contributed by atoms with van der Waals surface area (Å²) in [6.45, 7) is 7.93. The van der Waals surface area contributed by atoms with Crippen LogP contribution in [0.3, 0.4) is 0 Å². The van der Waals surface area contributed by atoms with Crippen LogP contribution in [0.4, 0.5) is 9.93 Å². The molecule has 108 valence electrons. The van der Waals surface area contributed by atoms with Gasteiger partial charge in [-0.05, 0) is 27.2 Å². The van der Waals surface area contributed by atoms with Crippen molar-refractivity contribution >= 4 is 22.5 Å². The molecule has 1 atom stereocenters. The van der Waals surface area contributed by atoms with Crippen molar-refractivity contribution in [2.24, 2.45) is 0 Å². The molecule has 0 spiro atoms. The largest absolute Gasteiger partial charge is 0.392 e. The van der Waals surface area contributed by atoms with Gasteiger partial charge in [-0.15, -0.1) is 11.3 Å². The number of amides is 2. The van der Waals surface area contributed by atoms with E-state index in [1.54, 1.807) is 11.8 Å². The Kier molecular flexibility index (Phi) is 6.24. The zero-order chi connectivity index (χ0) is 14.4. The topological polar surface area (TPSA) is 65.5 Å². The van der Waals surface area contributed by atoms with Gasteiger partial charge < -0.3 is 10.0 Å². The molecule has 1 rings (SSSR count). The van der Waals surface area contributed by atoms with E-state index in [1.807, 2.05) is 19.2 Å². The van der Waals surface area contributed by atoms with Crippen LogP contribution in [0.5, 0.6) is 0 Å². The van der Waals surface area contributed by atoms with E-state index >= 15 is 0 Å². The Morgan fingerprint density at radius 3 is 2.74 bits per heavy atom. The van der Waals surface area contributed by atoms with E-state index < -0.39 is 6.10 Å². The lowest BCUT2D eigenvalue weighted by Gasteiger charge is -2.27. The van der Waals surface area contributed by atoms with E-state index in [-0.39, 0.29) is 12.1 Å². The number of anilines is 1. The molecule has 0 saturated carbocycles. The maximum atomic E-state index is 12.1. The highest BCUT2D eigenvalue weighted by Gasteiger charge is 2.19. The minimum absolute atomic E-state index is 0.0321. The lowest BCUT2D eigenvalue weighted by molar-refractivity contribution is 0.125. The second-order valence-corrected chi connectivity index (χ2v) is 5.78. The predicted molar refractivity (Wildman–Crippen MR) is 78.7 cm³/mol. The highest BCUT2D eigenvalue weighted by Crippen LogP contribution is 2.17. The van der Waals surface area contributed by atoms with Gasteiger partial charge in [0.1, 0.15) is 0 Å². The number of aryl methyl sites for hydroxylation is 1. The molecule has 2 amide bonds. The molecule has 0 radical (unpaired) electrons. The van der Waals surface area contributed by atoms with Crippen LogP contribution in [-0.2, 0) is 6.42 Å². The Labute approximate surface area is 118 Å². The van der Waals surface area contributed by atoms with Gasteiger partial charge in [0.2, 0.25) is 0 Å². The van der Waals surface area contributed by atoms with E-state index in [2.05, 4.69) is 17.2 Å². The maximum absolute atomic E-state index is 12.1. The first-order chi connectivity index (χ1) is 8.93. The summed E-state index contributed by atoms with van der Waals surface area (Å²) in [5, 5.41) is 14.8. The number of carbonyl (C=O) groups is 1. The lowest BCUT2D eigenvalue weighted by Crippen LogP contribution is -2.43. The number of hydrogen-bond donors (Lipinski definition) is 2. The third-order valence-corrected chi connectivity index (χ3v) is 3.42. The van der Waals surface area contributed by atoms with Gasteiger partial charge in [0.05, 0.1) is 11.8 Å². The average Bonchev–Trinajstić information content (AvgIpc) is 2.73. The van der Waals surface area contributed by atoms with Crippen LogP contribution in [0.25, 0.3) is 0 Å². The van der Waals surface area contributed by atoms with Crippen molar-refractivity contribution in [2.45, 2.75) is 52.7 Å². The molecule has 19 heavy (non-hydrogen) atoms. The first kappa shape index (κ1) is 15.9. The Morgan fingerprint density at radius 1 is 1.53 bits per heavy atom. The number of thiazole rings is 1. The molecule has 0 fully saturated rings. The second kappa shape index (κ2) is 7.45. The van der Waals surface area contributed by atoms with Gasteiger partial charge in [0, 0.05) is 18.0 Å². The van der Waals surface area contributed by atoms with Gasteiger partial charge in [-0.3, -0.25) is 5.32 Å². The standard InChI is InChI=1S/C13H23N3O2S/c1-5-6-11-8-19-12(14-11)15-13(18)16(9(2)3)7-10(4)17/h8-10,17H,5-7H2,1-4H3,(H,14,15,18). The summed E-state index contributed by atoms with van der Waals surface area (Å²) in [7, 11) is 0. The normalized spacial score (nSPS) is 12.5. The third kappa shape index (κ3) is 5.16. The summed E-state index contributed by atoms with van der Waals surface area (Å²) >= 11 is 1.43. The zero-order valence-electron chi connectivity index (χ0n) is 12.0. The highest BCUT2D eigenvalue weighted by molar-refractivity contribution is 7.13. The molecule has 2 N–H and O–H groups in total. The summed E-state index contributed by atoms with van der Waals surface area (Å²) in [5.74, 6) is 0. The fourth-order valence-corrected chi connectivity index (χ4v) is 2.45. The Balaban J connectivity index is 2.64. The molecule has 1 unspecified atom stereocenters. The van der Waals surface area contributed by atoms with Crippen LogP contribution < -0.4 is 5.32 Å². The minimum atomic E-state index is -0.542. The number of urea groups is 1. The van der Waals surface area contributed by atoms with E-state index in [9.17, 15) is 9.90 Å². The molecule has 0 aliphatic rings. The molecule has 0 aromatic carbocycles. The molecule has 0 aliphatic heterocycles. The summed E-state index contributed by atoms with van der Waals surface area (Å²) in [4.78, 5) is 18.1. The zero-order valence-corrected chi connectivity index (χ0v) is 12.8. The number of nitrogens with one attached hydrogen (secondary N) is 1. The van der Waals surface area contributed by atoms with Crippen LogP contribution >= 0.6 is 11.3 Å². The van der Waals surface area contributed by atoms with Crippen molar-refractivity contribution in [2.75, 3.05) is 11.9 Å². The SMILES string of the molecule is CCCc1csc(NC(=O)N(CC(C)O)C(C)C)n1. The van der Waals surface area contributed by atoms with Crippen molar-refractivity contribution in [3.05, 3.63) is 11.1 Å². The number of rotatable bonds is 6. The molecule has 1 aromatic rings. The van der Waals surface area contributed by atoms with Crippen LogP contribution in [0, 0.1) is 0 Å². The maximum Gasteiger partial charge on any atom is 0.323 e. The number of aromatic nitrogens is 1. The molecule has 5 nitrogen and oxygen atoms in total. The number of carbonyl (C=O) groups excluding carboxylic acids is 1. The molecule has 6 heteroatoms. The molecular formula is C13H23N3O2S.